The number of nitrogens with one attached hydrogen (secondary N) is 1. The Morgan fingerprint density at radius 3 is 2.14 bits per heavy atom. The van der Waals surface area contributed by atoms with E-state index in [9.17, 15) is 4.79 Å². The average Bonchev–Trinajstić information content (AvgIpc) is 2.30. The third-order valence-corrected chi connectivity index (χ3v) is 3.72. The number of nitrogens with zero attached hydrogens (tertiary/aromatic N) is 1. The summed E-state index contributed by atoms with van der Waals surface area (Å²) in [5.41, 5.74) is 0. The van der Waals surface area contributed by atoms with Crippen LogP contribution in [0.25, 0.3) is 0 Å². The molecule has 0 aromatic heterocycles. The molecule has 1 radical (unpaired) electrons. The minimum absolute atomic E-state index is 0.863. The van der Waals surface area contributed by atoms with Crippen molar-refractivity contribution in [2.45, 2.75) is 25.7 Å². The maximum absolute atomic E-state index is 10.4. The Kier molecular flexibility index (Phi) is 3.40. The van der Waals surface area contributed by atoms with Crippen LogP contribution in [0.5, 0.6) is 0 Å². The van der Waals surface area contributed by atoms with Crippen LogP contribution in [0.2, 0.25) is 0 Å². The van der Waals surface area contributed by atoms with Gasteiger partial charge in [-0.3, -0.25) is 4.79 Å². The van der Waals surface area contributed by atoms with E-state index in [2.05, 4.69) is 5.32 Å². The van der Waals surface area contributed by atoms with Crippen molar-refractivity contribution in [3.8, 4) is 0 Å². The number of amides is 1. The van der Waals surface area contributed by atoms with Crippen LogP contribution < -0.4 is 5.32 Å². The van der Waals surface area contributed by atoms with Gasteiger partial charge in [0.25, 0.3) is 0 Å². The van der Waals surface area contributed by atoms with Gasteiger partial charge in [-0.05, 0) is 50.6 Å². The molecule has 1 N–H and O–H groups in total. The first-order valence-corrected chi connectivity index (χ1v) is 5.73. The monoisotopic (exact) mass is 195 g/mol. The quantitative estimate of drug-likeness (QED) is 0.705. The molecule has 2 fully saturated rings. The van der Waals surface area contributed by atoms with E-state index < -0.39 is 0 Å². The van der Waals surface area contributed by atoms with E-state index in [-0.39, 0.29) is 0 Å². The highest BCUT2D eigenvalue weighted by atomic mass is 16.1. The predicted molar refractivity (Wildman–Crippen MR) is 55.6 cm³/mol. The summed E-state index contributed by atoms with van der Waals surface area (Å²) >= 11 is 0. The van der Waals surface area contributed by atoms with Crippen molar-refractivity contribution in [2.24, 2.45) is 11.8 Å². The SMILES string of the molecule is O=[C]N1CCC(C2CCNCC2)CC1. The van der Waals surface area contributed by atoms with Gasteiger partial charge in [-0.1, -0.05) is 0 Å². The highest BCUT2D eigenvalue weighted by Crippen LogP contribution is 2.30. The number of hydrogen-bond donors (Lipinski definition) is 1. The summed E-state index contributed by atoms with van der Waals surface area (Å²) in [6.45, 7) is 4.23. The third-order valence-electron chi connectivity index (χ3n) is 3.72. The smallest absolute Gasteiger partial charge is 0.312 e. The molecule has 2 aliphatic rings. The zero-order valence-electron chi connectivity index (χ0n) is 8.67. The molecule has 3 heteroatoms. The van der Waals surface area contributed by atoms with Crippen LogP contribution in [0.3, 0.4) is 0 Å². The van der Waals surface area contributed by atoms with Gasteiger partial charge in [0.2, 0.25) is 0 Å². The molecule has 0 unspecified atom stereocenters. The Balaban J connectivity index is 1.78. The summed E-state index contributed by atoms with van der Waals surface area (Å²) in [6.07, 6.45) is 7.04. The Bertz CT molecular complexity index is 182. The minimum Gasteiger partial charge on any atom is -0.334 e. The summed E-state index contributed by atoms with van der Waals surface area (Å²) in [5.74, 6) is 1.77. The first-order chi connectivity index (χ1) is 6.90. The van der Waals surface area contributed by atoms with Crippen LogP contribution in [-0.2, 0) is 4.79 Å². The molecular weight excluding hydrogens is 176 g/mol. The Morgan fingerprint density at radius 1 is 1.00 bits per heavy atom. The lowest BCUT2D eigenvalue weighted by Gasteiger charge is -2.36. The second-order valence-corrected chi connectivity index (χ2v) is 4.50. The number of piperidine rings is 2. The van der Waals surface area contributed by atoms with Gasteiger partial charge < -0.3 is 10.2 Å². The standard InChI is InChI=1S/C11H19N2O/c14-9-13-7-3-11(4-8-13)10-1-5-12-6-2-10/h10-12H,1-8H2. The van der Waals surface area contributed by atoms with E-state index in [0.29, 0.717) is 0 Å². The normalized spacial score (nSPS) is 26.4. The van der Waals surface area contributed by atoms with Gasteiger partial charge in [-0.25, -0.2) is 0 Å². The second-order valence-electron chi connectivity index (χ2n) is 4.50. The molecule has 2 saturated heterocycles. The Morgan fingerprint density at radius 2 is 1.57 bits per heavy atom. The molecule has 0 atom stereocenters. The molecule has 79 valence electrons. The lowest BCUT2D eigenvalue weighted by Crippen LogP contribution is -2.38. The fraction of sp³-hybridized carbons (Fsp3) is 0.909. The first kappa shape index (κ1) is 9.97. The molecule has 0 bridgehead atoms. The lowest BCUT2D eigenvalue weighted by atomic mass is 9.79. The molecule has 0 aromatic rings. The molecule has 0 aromatic carbocycles. The Labute approximate surface area is 85.8 Å². The van der Waals surface area contributed by atoms with Gasteiger partial charge in [-0.15, -0.1) is 0 Å². The van der Waals surface area contributed by atoms with Gasteiger partial charge >= 0.3 is 6.41 Å². The molecule has 0 aliphatic carbocycles. The van der Waals surface area contributed by atoms with Crippen LogP contribution in [0.15, 0.2) is 0 Å². The van der Waals surface area contributed by atoms with Gasteiger partial charge in [0.1, 0.15) is 0 Å². The number of hydrogen-bond acceptors (Lipinski definition) is 2. The van der Waals surface area contributed by atoms with Crippen molar-refractivity contribution in [2.75, 3.05) is 26.2 Å². The molecular formula is C11H19N2O. The van der Waals surface area contributed by atoms with E-state index in [4.69, 9.17) is 0 Å². The molecule has 1 amide bonds. The molecule has 0 saturated carbocycles. The summed E-state index contributed by atoms with van der Waals surface area (Å²) in [7, 11) is 0. The van der Waals surface area contributed by atoms with Crippen LogP contribution in [0.1, 0.15) is 25.7 Å². The van der Waals surface area contributed by atoms with Crippen molar-refractivity contribution in [1.29, 1.82) is 0 Å². The minimum atomic E-state index is 0.863. The summed E-state index contributed by atoms with van der Waals surface area (Å²) in [5, 5.41) is 3.40. The van der Waals surface area contributed by atoms with Crippen molar-refractivity contribution in [1.82, 2.24) is 10.2 Å². The van der Waals surface area contributed by atoms with Crippen LogP contribution in [0.4, 0.5) is 0 Å². The van der Waals surface area contributed by atoms with E-state index in [1.807, 2.05) is 6.41 Å². The maximum atomic E-state index is 10.4. The molecule has 3 nitrogen and oxygen atoms in total. The van der Waals surface area contributed by atoms with Gasteiger partial charge in [0.15, 0.2) is 0 Å². The summed E-state index contributed by atoms with van der Waals surface area (Å²) in [4.78, 5) is 12.2. The van der Waals surface area contributed by atoms with Crippen molar-refractivity contribution >= 4 is 6.41 Å². The van der Waals surface area contributed by atoms with Gasteiger partial charge in [-0.2, -0.15) is 0 Å². The van der Waals surface area contributed by atoms with E-state index >= 15 is 0 Å². The van der Waals surface area contributed by atoms with Crippen LogP contribution in [-0.4, -0.2) is 37.5 Å². The Hall–Kier alpha value is -0.570. The maximum Gasteiger partial charge on any atom is 0.312 e. The van der Waals surface area contributed by atoms with Crippen LogP contribution in [0, 0.1) is 11.8 Å². The molecule has 2 heterocycles. The largest absolute Gasteiger partial charge is 0.334 e. The molecule has 0 spiro atoms. The van der Waals surface area contributed by atoms with Crippen molar-refractivity contribution in [3.63, 3.8) is 0 Å². The predicted octanol–water partition coefficient (Wildman–Crippen LogP) is 0.765. The first-order valence-electron chi connectivity index (χ1n) is 5.73. The number of carbonyl (C=O) groups excluding carboxylic acids is 1. The highest BCUT2D eigenvalue weighted by molar-refractivity contribution is 5.48. The fourth-order valence-electron chi connectivity index (χ4n) is 2.78. The van der Waals surface area contributed by atoms with E-state index in [1.165, 1.54) is 38.8 Å². The topological polar surface area (TPSA) is 32.3 Å². The van der Waals surface area contributed by atoms with E-state index in [0.717, 1.165) is 24.9 Å². The van der Waals surface area contributed by atoms with Gasteiger partial charge in [0.05, 0.1) is 0 Å². The third kappa shape index (κ3) is 2.27. The molecule has 14 heavy (non-hydrogen) atoms. The number of rotatable bonds is 2. The summed E-state index contributed by atoms with van der Waals surface area (Å²) in [6, 6.07) is 0. The average molecular weight is 195 g/mol. The zero-order chi connectivity index (χ0) is 9.80. The fourth-order valence-corrected chi connectivity index (χ4v) is 2.78. The van der Waals surface area contributed by atoms with E-state index in [1.54, 1.807) is 4.90 Å². The molecule has 2 aliphatic heterocycles. The highest BCUT2D eigenvalue weighted by Gasteiger charge is 2.27. The molecule has 2 rings (SSSR count). The number of likely N-dealkylation sites (tertiary alicyclic amines) is 1. The van der Waals surface area contributed by atoms with Crippen molar-refractivity contribution < 1.29 is 4.79 Å². The lowest BCUT2D eigenvalue weighted by molar-refractivity contribution is 0.169. The van der Waals surface area contributed by atoms with Crippen LogP contribution >= 0.6 is 0 Å². The van der Waals surface area contributed by atoms with Gasteiger partial charge in [0, 0.05) is 13.1 Å². The van der Waals surface area contributed by atoms with Crippen molar-refractivity contribution in [3.05, 3.63) is 0 Å². The summed E-state index contributed by atoms with van der Waals surface area (Å²) < 4.78 is 0. The zero-order valence-corrected chi connectivity index (χ0v) is 8.67. The second kappa shape index (κ2) is 4.78.